The summed E-state index contributed by atoms with van der Waals surface area (Å²) in [5.41, 5.74) is 0.303. The van der Waals surface area contributed by atoms with Crippen molar-refractivity contribution in [3.05, 3.63) is 66.2 Å². The Labute approximate surface area is 120 Å². The molecule has 3 nitrogen and oxygen atoms in total. The van der Waals surface area contributed by atoms with Crippen LogP contribution in [0.3, 0.4) is 0 Å². The van der Waals surface area contributed by atoms with Crippen molar-refractivity contribution >= 4 is 0 Å². The third kappa shape index (κ3) is 5.03. The molecular formula is C17H21NO2. The maximum Gasteiger partial charge on any atom is 0.119 e. The minimum absolute atomic E-state index is 0.263. The van der Waals surface area contributed by atoms with Crippen LogP contribution in [0.25, 0.3) is 0 Å². The molecule has 0 saturated heterocycles. The number of benzene rings is 2. The van der Waals surface area contributed by atoms with E-state index in [4.69, 9.17) is 4.74 Å². The van der Waals surface area contributed by atoms with E-state index in [1.54, 1.807) is 6.92 Å². The van der Waals surface area contributed by atoms with E-state index in [-0.39, 0.29) is 6.61 Å². The average Bonchev–Trinajstić information content (AvgIpc) is 2.47. The van der Waals surface area contributed by atoms with E-state index < -0.39 is 5.60 Å². The van der Waals surface area contributed by atoms with Gasteiger partial charge in [-0.15, -0.1) is 0 Å². The molecule has 1 atom stereocenters. The zero-order valence-electron chi connectivity index (χ0n) is 11.8. The zero-order chi connectivity index (χ0) is 14.3. The zero-order valence-corrected chi connectivity index (χ0v) is 11.8. The van der Waals surface area contributed by atoms with Crippen molar-refractivity contribution in [2.75, 3.05) is 13.2 Å². The highest BCUT2D eigenvalue weighted by Crippen LogP contribution is 2.11. The lowest BCUT2D eigenvalue weighted by molar-refractivity contribution is 0.0120. The number of hydrogen-bond donors (Lipinski definition) is 2. The summed E-state index contributed by atoms with van der Waals surface area (Å²) < 4.78 is 5.58. The van der Waals surface area contributed by atoms with Crippen molar-refractivity contribution in [1.29, 1.82) is 0 Å². The Balaban J connectivity index is 1.73. The predicted octanol–water partition coefficient (Wildman–Crippen LogP) is 2.61. The molecule has 0 amide bonds. The van der Waals surface area contributed by atoms with Gasteiger partial charge in [0.25, 0.3) is 0 Å². The first-order chi connectivity index (χ1) is 9.66. The Morgan fingerprint density at radius 1 is 1.00 bits per heavy atom. The fourth-order valence-corrected chi connectivity index (χ4v) is 1.88. The van der Waals surface area contributed by atoms with Crippen LogP contribution in [0.5, 0.6) is 5.75 Å². The quantitative estimate of drug-likeness (QED) is 0.813. The largest absolute Gasteiger partial charge is 0.491 e. The summed E-state index contributed by atoms with van der Waals surface area (Å²) in [6, 6.07) is 19.7. The van der Waals surface area contributed by atoms with Crippen LogP contribution in [-0.2, 0) is 6.54 Å². The maximum absolute atomic E-state index is 10.3. The number of ether oxygens (including phenoxy) is 1. The third-order valence-electron chi connectivity index (χ3n) is 2.97. The Morgan fingerprint density at radius 2 is 1.60 bits per heavy atom. The van der Waals surface area contributed by atoms with Crippen molar-refractivity contribution < 1.29 is 9.84 Å². The molecule has 0 aliphatic heterocycles. The number of para-hydroxylation sites is 1. The molecule has 2 rings (SSSR count). The Morgan fingerprint density at radius 3 is 2.25 bits per heavy atom. The SMILES string of the molecule is CC(O)(CNCc1ccccc1)COc1ccccc1. The fraction of sp³-hybridized carbons (Fsp3) is 0.294. The van der Waals surface area contributed by atoms with Crippen LogP contribution >= 0.6 is 0 Å². The smallest absolute Gasteiger partial charge is 0.119 e. The highest BCUT2D eigenvalue weighted by Gasteiger charge is 2.20. The Kier molecular flexibility index (Phi) is 5.16. The van der Waals surface area contributed by atoms with Crippen molar-refractivity contribution in [3.63, 3.8) is 0 Å². The monoisotopic (exact) mass is 271 g/mol. The van der Waals surface area contributed by atoms with E-state index in [9.17, 15) is 5.11 Å². The van der Waals surface area contributed by atoms with E-state index in [0.717, 1.165) is 12.3 Å². The van der Waals surface area contributed by atoms with Gasteiger partial charge in [0.2, 0.25) is 0 Å². The van der Waals surface area contributed by atoms with Gasteiger partial charge in [0.05, 0.1) is 0 Å². The van der Waals surface area contributed by atoms with E-state index >= 15 is 0 Å². The summed E-state index contributed by atoms with van der Waals surface area (Å²) in [5, 5.41) is 13.5. The van der Waals surface area contributed by atoms with E-state index in [2.05, 4.69) is 17.4 Å². The minimum Gasteiger partial charge on any atom is -0.491 e. The highest BCUT2D eigenvalue weighted by atomic mass is 16.5. The molecule has 0 bridgehead atoms. The highest BCUT2D eigenvalue weighted by molar-refractivity contribution is 5.21. The number of nitrogens with one attached hydrogen (secondary N) is 1. The van der Waals surface area contributed by atoms with Crippen molar-refractivity contribution in [1.82, 2.24) is 5.32 Å². The summed E-state index contributed by atoms with van der Waals surface area (Å²) in [6.07, 6.45) is 0. The molecule has 0 aliphatic carbocycles. The first-order valence-electron chi connectivity index (χ1n) is 6.81. The molecule has 1 unspecified atom stereocenters. The maximum atomic E-state index is 10.3. The molecule has 0 aliphatic rings. The van der Waals surface area contributed by atoms with Gasteiger partial charge in [0, 0.05) is 13.1 Å². The second-order valence-corrected chi connectivity index (χ2v) is 5.19. The third-order valence-corrected chi connectivity index (χ3v) is 2.97. The van der Waals surface area contributed by atoms with Crippen LogP contribution in [0.2, 0.25) is 0 Å². The first kappa shape index (κ1) is 14.6. The summed E-state index contributed by atoms with van der Waals surface area (Å²) in [4.78, 5) is 0. The van der Waals surface area contributed by atoms with Crippen LogP contribution in [0.1, 0.15) is 12.5 Å². The van der Waals surface area contributed by atoms with Crippen molar-refractivity contribution in [2.24, 2.45) is 0 Å². The lowest BCUT2D eigenvalue weighted by Gasteiger charge is -2.24. The van der Waals surface area contributed by atoms with Crippen LogP contribution in [0.15, 0.2) is 60.7 Å². The molecular weight excluding hydrogens is 250 g/mol. The molecule has 0 spiro atoms. The van der Waals surface area contributed by atoms with E-state index in [1.807, 2.05) is 48.5 Å². The molecule has 20 heavy (non-hydrogen) atoms. The van der Waals surface area contributed by atoms with E-state index in [1.165, 1.54) is 5.56 Å². The normalized spacial score (nSPS) is 13.7. The molecule has 0 heterocycles. The Hall–Kier alpha value is -1.84. The summed E-state index contributed by atoms with van der Waals surface area (Å²) in [6.45, 7) is 3.25. The van der Waals surface area contributed by atoms with E-state index in [0.29, 0.717) is 6.54 Å². The van der Waals surface area contributed by atoms with Crippen LogP contribution in [0, 0.1) is 0 Å². The standard InChI is InChI=1S/C17H21NO2/c1-17(19,14-20-16-10-6-3-7-11-16)13-18-12-15-8-4-2-5-9-15/h2-11,18-19H,12-14H2,1H3. The molecule has 3 heteroatoms. The molecule has 0 fully saturated rings. The molecule has 2 aromatic rings. The van der Waals surface area contributed by atoms with Crippen LogP contribution in [0.4, 0.5) is 0 Å². The molecule has 2 aromatic carbocycles. The van der Waals surface area contributed by atoms with Gasteiger partial charge in [-0.3, -0.25) is 0 Å². The molecule has 2 N–H and O–H groups in total. The number of hydrogen-bond acceptors (Lipinski definition) is 3. The van der Waals surface area contributed by atoms with Gasteiger partial charge in [0.15, 0.2) is 0 Å². The lowest BCUT2D eigenvalue weighted by atomic mass is 10.1. The Bertz CT molecular complexity index is 497. The van der Waals surface area contributed by atoms with Gasteiger partial charge < -0.3 is 15.2 Å². The van der Waals surface area contributed by atoms with Gasteiger partial charge in [0.1, 0.15) is 18.0 Å². The summed E-state index contributed by atoms with van der Waals surface area (Å²) in [7, 11) is 0. The van der Waals surface area contributed by atoms with Crippen molar-refractivity contribution in [3.8, 4) is 5.75 Å². The first-order valence-corrected chi connectivity index (χ1v) is 6.81. The summed E-state index contributed by atoms with van der Waals surface area (Å²) in [5.74, 6) is 0.774. The number of aliphatic hydroxyl groups is 1. The average molecular weight is 271 g/mol. The van der Waals surface area contributed by atoms with Gasteiger partial charge in [-0.25, -0.2) is 0 Å². The second kappa shape index (κ2) is 7.08. The van der Waals surface area contributed by atoms with Crippen molar-refractivity contribution in [2.45, 2.75) is 19.1 Å². The second-order valence-electron chi connectivity index (χ2n) is 5.19. The summed E-state index contributed by atoms with van der Waals surface area (Å²) >= 11 is 0. The lowest BCUT2D eigenvalue weighted by Crippen LogP contribution is -2.42. The number of rotatable bonds is 7. The topological polar surface area (TPSA) is 41.5 Å². The molecule has 0 radical (unpaired) electrons. The molecule has 0 aromatic heterocycles. The van der Waals surface area contributed by atoms with Crippen LogP contribution in [-0.4, -0.2) is 23.9 Å². The van der Waals surface area contributed by atoms with Gasteiger partial charge >= 0.3 is 0 Å². The molecule has 106 valence electrons. The van der Waals surface area contributed by atoms with Gasteiger partial charge in [-0.05, 0) is 24.6 Å². The minimum atomic E-state index is -0.898. The fourth-order valence-electron chi connectivity index (χ4n) is 1.88. The predicted molar refractivity (Wildman–Crippen MR) is 80.7 cm³/mol. The molecule has 0 saturated carbocycles. The van der Waals surface area contributed by atoms with Gasteiger partial charge in [-0.2, -0.15) is 0 Å². The van der Waals surface area contributed by atoms with Crippen LogP contribution < -0.4 is 10.1 Å². The van der Waals surface area contributed by atoms with Gasteiger partial charge in [-0.1, -0.05) is 48.5 Å².